The first-order valence-corrected chi connectivity index (χ1v) is 11.8. The van der Waals surface area contributed by atoms with Gasteiger partial charge in [0.25, 0.3) is 0 Å². The molecule has 0 radical (unpaired) electrons. The average molecular weight is 484 g/mol. The van der Waals surface area contributed by atoms with Crippen molar-refractivity contribution in [1.29, 1.82) is 0 Å². The Morgan fingerprint density at radius 2 is 1.69 bits per heavy atom. The van der Waals surface area contributed by atoms with Gasteiger partial charge in [0.15, 0.2) is 11.6 Å². The number of rotatable bonds is 7. The number of halogens is 1. The summed E-state index contributed by atoms with van der Waals surface area (Å²) in [6.07, 6.45) is 1.89. The minimum atomic E-state index is -0.327. The molecule has 1 aliphatic heterocycles. The number of nitrogens with zero attached hydrogens (tertiary/aromatic N) is 6. The molecule has 0 amide bonds. The maximum Gasteiger partial charge on any atom is 0.233 e. The minimum absolute atomic E-state index is 0.00702. The van der Waals surface area contributed by atoms with Crippen LogP contribution >= 0.6 is 0 Å². The number of ketones is 1. The van der Waals surface area contributed by atoms with Crippen molar-refractivity contribution >= 4 is 23.5 Å². The highest BCUT2D eigenvalue weighted by Gasteiger charge is 2.19. The molecule has 0 atom stereocenters. The van der Waals surface area contributed by atoms with Gasteiger partial charge in [-0.05, 0) is 49.0 Å². The van der Waals surface area contributed by atoms with Crippen molar-refractivity contribution in [2.24, 2.45) is 0 Å². The van der Waals surface area contributed by atoms with Crippen LogP contribution in [0.5, 0.6) is 0 Å². The van der Waals surface area contributed by atoms with Crippen LogP contribution in [-0.4, -0.2) is 63.8 Å². The van der Waals surface area contributed by atoms with E-state index in [0.717, 1.165) is 31.7 Å². The number of anilines is 3. The predicted molar refractivity (Wildman–Crippen MR) is 137 cm³/mol. The third-order valence-electron chi connectivity index (χ3n) is 6.04. The van der Waals surface area contributed by atoms with Gasteiger partial charge in [0.05, 0.1) is 0 Å². The number of pyridine rings is 1. The molecule has 0 bridgehead atoms. The lowest BCUT2D eigenvalue weighted by atomic mass is 10.0. The van der Waals surface area contributed by atoms with Crippen molar-refractivity contribution < 1.29 is 9.18 Å². The van der Waals surface area contributed by atoms with E-state index < -0.39 is 0 Å². The van der Waals surface area contributed by atoms with Crippen LogP contribution in [0.15, 0.2) is 72.9 Å². The Morgan fingerprint density at radius 3 is 2.44 bits per heavy atom. The molecule has 4 aromatic rings. The summed E-state index contributed by atoms with van der Waals surface area (Å²) in [4.78, 5) is 35.4. The summed E-state index contributed by atoms with van der Waals surface area (Å²) >= 11 is 0. The zero-order valence-electron chi connectivity index (χ0n) is 19.9. The number of carbonyl (C=O) groups excluding carboxylic acids is 1. The first kappa shape index (κ1) is 23.5. The summed E-state index contributed by atoms with van der Waals surface area (Å²) in [5, 5.41) is 3.14. The summed E-state index contributed by atoms with van der Waals surface area (Å²) in [7, 11) is 2.08. The number of hydrogen-bond acceptors (Lipinski definition) is 8. The fraction of sp³-hybridized carbons (Fsp3) is 0.222. The van der Waals surface area contributed by atoms with Crippen molar-refractivity contribution in [2.75, 3.05) is 43.4 Å². The molecule has 8 nitrogen and oxygen atoms in total. The Morgan fingerprint density at radius 1 is 0.944 bits per heavy atom. The molecular weight excluding hydrogens is 457 g/mol. The van der Waals surface area contributed by atoms with Gasteiger partial charge in [0.2, 0.25) is 11.9 Å². The van der Waals surface area contributed by atoms with E-state index in [4.69, 9.17) is 0 Å². The monoisotopic (exact) mass is 483 g/mol. The standard InChI is InChI=1S/C27H26FN7O/c1-34-13-15-35(16-14-34)27-32-25(20-7-9-22(28)10-8-20)31-26(33-27)30-24-18-21(11-12-29-24)23(36)17-19-5-3-2-4-6-19/h2-12,18H,13-17H2,1H3,(H,29,30,31,32,33). The van der Waals surface area contributed by atoms with E-state index in [1.807, 2.05) is 30.3 Å². The first-order chi connectivity index (χ1) is 17.5. The maximum absolute atomic E-state index is 13.5. The van der Waals surface area contributed by atoms with Gasteiger partial charge in [0.1, 0.15) is 11.6 Å². The van der Waals surface area contributed by atoms with Gasteiger partial charge in [0, 0.05) is 49.9 Å². The van der Waals surface area contributed by atoms with Crippen LogP contribution in [0.1, 0.15) is 15.9 Å². The number of benzene rings is 2. The lowest BCUT2D eigenvalue weighted by molar-refractivity contribution is 0.0993. The SMILES string of the molecule is CN1CCN(c2nc(Nc3cc(C(=O)Cc4ccccc4)ccn3)nc(-c3ccc(F)cc3)n2)CC1. The van der Waals surface area contributed by atoms with E-state index in [1.54, 1.807) is 30.5 Å². The molecule has 2 aromatic carbocycles. The zero-order valence-corrected chi connectivity index (χ0v) is 19.9. The van der Waals surface area contributed by atoms with Gasteiger partial charge in [-0.15, -0.1) is 0 Å². The molecule has 3 heterocycles. The van der Waals surface area contributed by atoms with E-state index in [0.29, 0.717) is 41.1 Å². The summed E-state index contributed by atoms with van der Waals surface area (Å²) < 4.78 is 13.5. The minimum Gasteiger partial charge on any atom is -0.338 e. The lowest BCUT2D eigenvalue weighted by Gasteiger charge is -2.32. The van der Waals surface area contributed by atoms with Gasteiger partial charge in [-0.2, -0.15) is 15.0 Å². The Labute approximate surface area is 208 Å². The summed E-state index contributed by atoms with van der Waals surface area (Å²) in [6, 6.07) is 19.1. The molecule has 1 saturated heterocycles. The van der Waals surface area contributed by atoms with Crippen LogP contribution in [-0.2, 0) is 6.42 Å². The molecule has 36 heavy (non-hydrogen) atoms. The van der Waals surface area contributed by atoms with Gasteiger partial charge in [-0.1, -0.05) is 30.3 Å². The number of nitrogens with one attached hydrogen (secondary N) is 1. The van der Waals surface area contributed by atoms with Gasteiger partial charge in [-0.25, -0.2) is 9.37 Å². The fourth-order valence-corrected chi connectivity index (χ4v) is 3.97. The molecule has 1 fully saturated rings. The smallest absolute Gasteiger partial charge is 0.233 e. The number of carbonyl (C=O) groups is 1. The highest BCUT2D eigenvalue weighted by Crippen LogP contribution is 2.23. The quantitative estimate of drug-likeness (QED) is 0.395. The Kier molecular flexibility index (Phi) is 6.90. The van der Waals surface area contributed by atoms with E-state index in [1.165, 1.54) is 12.1 Å². The molecule has 182 valence electrons. The Balaban J connectivity index is 1.42. The molecule has 5 rings (SSSR count). The number of Topliss-reactive ketones (excluding diaryl/α,β-unsaturated/α-hetero) is 1. The molecule has 2 aromatic heterocycles. The molecular formula is C27H26FN7O. The van der Waals surface area contributed by atoms with Crippen molar-refractivity contribution in [1.82, 2.24) is 24.8 Å². The van der Waals surface area contributed by atoms with Crippen LogP contribution < -0.4 is 10.2 Å². The van der Waals surface area contributed by atoms with E-state index in [9.17, 15) is 9.18 Å². The van der Waals surface area contributed by atoms with Crippen LogP contribution in [0.2, 0.25) is 0 Å². The third-order valence-corrected chi connectivity index (χ3v) is 6.04. The third kappa shape index (κ3) is 5.69. The van der Waals surface area contributed by atoms with Crippen LogP contribution in [0.25, 0.3) is 11.4 Å². The Hall–Kier alpha value is -4.24. The largest absolute Gasteiger partial charge is 0.338 e. The molecule has 0 aliphatic carbocycles. The van der Waals surface area contributed by atoms with E-state index >= 15 is 0 Å². The highest BCUT2D eigenvalue weighted by atomic mass is 19.1. The van der Waals surface area contributed by atoms with Crippen LogP contribution in [0.4, 0.5) is 22.1 Å². The summed E-state index contributed by atoms with van der Waals surface area (Å²) in [5.74, 6) is 1.39. The molecule has 1 N–H and O–H groups in total. The number of piperazine rings is 1. The van der Waals surface area contributed by atoms with Crippen molar-refractivity contribution in [3.8, 4) is 11.4 Å². The molecule has 0 saturated carbocycles. The second kappa shape index (κ2) is 10.6. The first-order valence-electron chi connectivity index (χ1n) is 11.8. The molecule has 0 spiro atoms. The Bertz CT molecular complexity index is 1340. The zero-order chi connectivity index (χ0) is 24.9. The number of likely N-dealkylation sites (N-methyl/N-ethyl adjacent to an activating group) is 1. The number of hydrogen-bond donors (Lipinski definition) is 1. The second-order valence-corrected chi connectivity index (χ2v) is 8.72. The highest BCUT2D eigenvalue weighted by molar-refractivity contribution is 5.98. The van der Waals surface area contributed by atoms with Crippen LogP contribution in [0, 0.1) is 5.82 Å². The predicted octanol–water partition coefficient (Wildman–Crippen LogP) is 3.99. The average Bonchev–Trinajstić information content (AvgIpc) is 2.90. The topological polar surface area (TPSA) is 87.1 Å². The van der Waals surface area contributed by atoms with Gasteiger partial charge < -0.3 is 15.1 Å². The van der Waals surface area contributed by atoms with Gasteiger partial charge >= 0.3 is 0 Å². The molecule has 0 unspecified atom stereocenters. The van der Waals surface area contributed by atoms with Crippen molar-refractivity contribution in [3.05, 3.63) is 89.9 Å². The van der Waals surface area contributed by atoms with Crippen molar-refractivity contribution in [3.63, 3.8) is 0 Å². The van der Waals surface area contributed by atoms with Gasteiger partial charge in [-0.3, -0.25) is 4.79 Å². The maximum atomic E-state index is 13.5. The summed E-state index contributed by atoms with van der Waals surface area (Å²) in [5.41, 5.74) is 2.17. The fourth-order valence-electron chi connectivity index (χ4n) is 3.97. The lowest BCUT2D eigenvalue weighted by Crippen LogP contribution is -2.45. The molecule has 9 heteroatoms. The molecule has 1 aliphatic rings. The number of aromatic nitrogens is 4. The van der Waals surface area contributed by atoms with Crippen molar-refractivity contribution in [2.45, 2.75) is 6.42 Å². The van der Waals surface area contributed by atoms with E-state index in [2.05, 4.69) is 42.1 Å². The van der Waals surface area contributed by atoms with E-state index in [-0.39, 0.29) is 11.6 Å². The second-order valence-electron chi connectivity index (χ2n) is 8.72. The van der Waals surface area contributed by atoms with Crippen LogP contribution in [0.3, 0.4) is 0 Å². The normalized spacial score (nSPS) is 14.0. The summed E-state index contributed by atoms with van der Waals surface area (Å²) in [6.45, 7) is 3.36.